The number of aliphatic carboxylic acids is 1. The number of amides is 3. The number of carbonyl (C=O) groups excluding carboxylic acids is 2. The van der Waals surface area contributed by atoms with Crippen molar-refractivity contribution in [3.63, 3.8) is 0 Å². The van der Waals surface area contributed by atoms with Crippen molar-refractivity contribution in [3.8, 4) is 0 Å². The highest BCUT2D eigenvalue weighted by atomic mass is 35.5. The fourth-order valence-corrected chi connectivity index (χ4v) is 4.32. The molecule has 0 radical (unpaired) electrons. The number of hydrogen-bond acceptors (Lipinski definition) is 5. The van der Waals surface area contributed by atoms with E-state index in [0.29, 0.717) is 32.3 Å². The van der Waals surface area contributed by atoms with Crippen molar-refractivity contribution in [1.82, 2.24) is 4.57 Å². The van der Waals surface area contributed by atoms with Crippen molar-refractivity contribution in [1.29, 1.82) is 0 Å². The van der Waals surface area contributed by atoms with E-state index in [1.54, 1.807) is 29.8 Å². The highest BCUT2D eigenvalue weighted by molar-refractivity contribution is 7.62. The van der Waals surface area contributed by atoms with Crippen LogP contribution in [0.2, 0.25) is 10.0 Å². The Morgan fingerprint density at radius 1 is 1.11 bits per heavy atom. The Kier molecular flexibility index (Phi) is 7.53. The van der Waals surface area contributed by atoms with Gasteiger partial charge in [0.1, 0.15) is 5.69 Å². The number of anilines is 2. The molecule has 2 N–H and O–H groups in total. The Bertz CT molecular complexity index is 1470. The Balaban J connectivity index is 1.91. The molecule has 1 heterocycles. The molecule has 2 aromatic carbocycles. The quantitative estimate of drug-likeness (QED) is 0.453. The molecule has 0 bridgehead atoms. The van der Waals surface area contributed by atoms with Gasteiger partial charge < -0.3 is 15.0 Å². The molecule has 0 unspecified atom stereocenters. The standard InChI is InChI=1S/C22H20Cl2N4O6S/c1-22(2,11-18(29)30)28(21(32)26-35(33)34)13-6-4-12(5-7-13)25-20(31)17-10-14-16(27(17)3)9-8-15(23)19(14)24/h4-10H,11H2,1-3H3,(H,25,31)(H,29,30). The second-order valence-electron chi connectivity index (χ2n) is 8.19. The van der Waals surface area contributed by atoms with Crippen molar-refractivity contribution in [2.24, 2.45) is 11.4 Å². The molecule has 0 aliphatic heterocycles. The zero-order chi connectivity index (χ0) is 26.1. The van der Waals surface area contributed by atoms with Gasteiger partial charge in [0, 0.05) is 29.3 Å². The molecule has 0 saturated carbocycles. The molecule has 3 amide bonds. The number of rotatable bonds is 6. The lowest BCUT2D eigenvalue weighted by Gasteiger charge is -2.35. The minimum Gasteiger partial charge on any atom is -0.481 e. The predicted octanol–water partition coefficient (Wildman–Crippen LogP) is 4.98. The molecule has 3 aromatic rings. The van der Waals surface area contributed by atoms with E-state index in [1.165, 1.54) is 38.1 Å². The van der Waals surface area contributed by atoms with Gasteiger partial charge in [-0.15, -0.1) is 0 Å². The minimum atomic E-state index is -3.02. The lowest BCUT2D eigenvalue weighted by Crippen LogP contribution is -2.48. The number of aromatic nitrogens is 1. The van der Waals surface area contributed by atoms with E-state index in [4.69, 9.17) is 23.2 Å². The van der Waals surface area contributed by atoms with Crippen LogP contribution in [0.4, 0.5) is 16.2 Å². The number of carbonyl (C=O) groups is 3. The maximum atomic E-state index is 12.9. The van der Waals surface area contributed by atoms with E-state index in [1.807, 2.05) is 0 Å². The Hall–Kier alpha value is -3.41. The molecule has 10 nitrogen and oxygen atoms in total. The third kappa shape index (κ3) is 5.64. The topological polar surface area (TPSA) is 138 Å². The number of nitrogens with zero attached hydrogens (tertiary/aromatic N) is 3. The molecular weight excluding hydrogens is 519 g/mol. The fraction of sp³-hybridized carbons (Fsp3) is 0.227. The molecule has 0 aliphatic carbocycles. The summed E-state index contributed by atoms with van der Waals surface area (Å²) in [6.07, 6.45) is -0.466. The zero-order valence-electron chi connectivity index (χ0n) is 18.7. The third-order valence-corrected chi connectivity index (χ3v) is 6.39. The van der Waals surface area contributed by atoms with Gasteiger partial charge in [-0.05, 0) is 56.3 Å². The summed E-state index contributed by atoms with van der Waals surface area (Å²) in [4.78, 5) is 37.6. The number of hydrogen-bond donors (Lipinski definition) is 2. The molecule has 0 spiro atoms. The van der Waals surface area contributed by atoms with Crippen LogP contribution >= 0.6 is 23.2 Å². The van der Waals surface area contributed by atoms with E-state index in [-0.39, 0.29) is 5.69 Å². The number of fused-ring (bicyclic) bond motifs is 1. The first kappa shape index (κ1) is 26.2. The normalized spacial score (nSPS) is 11.2. The van der Waals surface area contributed by atoms with Gasteiger partial charge in [-0.3, -0.25) is 14.5 Å². The molecule has 13 heteroatoms. The van der Waals surface area contributed by atoms with Gasteiger partial charge in [0.15, 0.2) is 0 Å². The third-order valence-electron chi connectivity index (χ3n) is 5.26. The number of urea groups is 1. The van der Waals surface area contributed by atoms with E-state index in [0.717, 1.165) is 4.90 Å². The molecule has 0 fully saturated rings. The van der Waals surface area contributed by atoms with Gasteiger partial charge in [-0.1, -0.05) is 27.6 Å². The van der Waals surface area contributed by atoms with Crippen molar-refractivity contribution in [2.45, 2.75) is 25.8 Å². The first-order valence-electron chi connectivity index (χ1n) is 10.0. The van der Waals surface area contributed by atoms with Gasteiger partial charge >= 0.3 is 22.5 Å². The van der Waals surface area contributed by atoms with E-state index < -0.39 is 40.4 Å². The monoisotopic (exact) mass is 538 g/mol. The second kappa shape index (κ2) is 10.1. The summed E-state index contributed by atoms with van der Waals surface area (Å²) in [6.45, 7) is 2.94. The first-order chi connectivity index (χ1) is 16.3. The molecule has 0 atom stereocenters. The van der Waals surface area contributed by atoms with Crippen LogP contribution in [0, 0.1) is 0 Å². The van der Waals surface area contributed by atoms with Gasteiger partial charge in [-0.25, -0.2) is 4.79 Å². The molecule has 0 aliphatic rings. The summed E-state index contributed by atoms with van der Waals surface area (Å²) in [5.74, 6) is -1.61. The minimum absolute atomic E-state index is 0.194. The number of carboxylic acid groups (broad SMARTS) is 1. The number of carboxylic acids is 1. The van der Waals surface area contributed by atoms with Crippen LogP contribution in [-0.4, -0.2) is 41.5 Å². The van der Waals surface area contributed by atoms with Crippen LogP contribution in [0.25, 0.3) is 10.9 Å². The predicted molar refractivity (Wildman–Crippen MR) is 133 cm³/mol. The SMILES string of the molecule is Cn1c(C(=O)Nc2ccc(N(C(=O)N=S(=O)=O)C(C)(C)CC(=O)O)cc2)cc2c(Cl)c(Cl)ccc21. The fourth-order valence-electron chi connectivity index (χ4n) is 3.73. The number of aryl methyl sites for hydroxylation is 1. The first-order valence-corrected chi connectivity index (χ1v) is 11.8. The highest BCUT2D eigenvalue weighted by Crippen LogP contribution is 2.33. The van der Waals surface area contributed by atoms with Crippen LogP contribution in [0.5, 0.6) is 0 Å². The summed E-state index contributed by atoms with van der Waals surface area (Å²) in [7, 11) is -1.31. The number of benzene rings is 2. The average molecular weight is 539 g/mol. The van der Waals surface area contributed by atoms with Gasteiger partial charge in [0.2, 0.25) is 0 Å². The average Bonchev–Trinajstić information content (AvgIpc) is 3.07. The van der Waals surface area contributed by atoms with Crippen LogP contribution < -0.4 is 10.2 Å². The van der Waals surface area contributed by atoms with Crippen molar-refractivity contribution in [3.05, 3.63) is 58.2 Å². The van der Waals surface area contributed by atoms with Gasteiger partial charge in [0.25, 0.3) is 5.91 Å². The van der Waals surface area contributed by atoms with Crippen LogP contribution in [0.15, 0.2) is 46.8 Å². The number of nitrogens with one attached hydrogen (secondary N) is 1. The summed E-state index contributed by atoms with van der Waals surface area (Å²) >= 11 is 12.3. The number of halogens is 2. The summed E-state index contributed by atoms with van der Waals surface area (Å²) in [5.41, 5.74) is 0.305. The zero-order valence-corrected chi connectivity index (χ0v) is 21.1. The summed E-state index contributed by atoms with van der Waals surface area (Å²) in [5, 5.41) is 13.3. The molecule has 3 rings (SSSR count). The Labute approximate surface area is 211 Å². The van der Waals surface area contributed by atoms with Crippen molar-refractivity contribution >= 4 is 73.9 Å². The van der Waals surface area contributed by atoms with E-state index in [9.17, 15) is 27.9 Å². The highest BCUT2D eigenvalue weighted by Gasteiger charge is 2.35. The Morgan fingerprint density at radius 3 is 2.31 bits per heavy atom. The maximum absolute atomic E-state index is 12.9. The smallest absolute Gasteiger partial charge is 0.363 e. The van der Waals surface area contributed by atoms with Crippen LogP contribution in [0.3, 0.4) is 0 Å². The lowest BCUT2D eigenvalue weighted by atomic mass is 9.97. The van der Waals surface area contributed by atoms with Crippen molar-refractivity contribution in [2.75, 3.05) is 10.2 Å². The second-order valence-corrected chi connectivity index (χ2v) is 9.60. The molecule has 184 valence electrons. The van der Waals surface area contributed by atoms with Gasteiger partial charge in [-0.2, -0.15) is 8.42 Å². The van der Waals surface area contributed by atoms with Crippen LogP contribution in [-0.2, 0) is 22.3 Å². The Morgan fingerprint density at radius 2 is 1.74 bits per heavy atom. The molecule has 35 heavy (non-hydrogen) atoms. The molecule has 0 saturated heterocycles. The van der Waals surface area contributed by atoms with E-state index >= 15 is 0 Å². The molecular formula is C22H20Cl2N4O6S. The summed E-state index contributed by atoms with van der Waals surface area (Å²) < 4.78 is 26.5. The molecule has 1 aromatic heterocycles. The maximum Gasteiger partial charge on any atom is 0.363 e. The summed E-state index contributed by atoms with van der Waals surface area (Å²) in [6, 6.07) is 9.73. The van der Waals surface area contributed by atoms with Crippen LogP contribution in [0.1, 0.15) is 30.8 Å². The lowest BCUT2D eigenvalue weighted by molar-refractivity contribution is -0.138. The largest absolute Gasteiger partial charge is 0.481 e. The van der Waals surface area contributed by atoms with Gasteiger partial charge in [0.05, 0.1) is 22.0 Å². The van der Waals surface area contributed by atoms with Crippen molar-refractivity contribution < 1.29 is 27.9 Å². The van der Waals surface area contributed by atoms with E-state index in [2.05, 4.69) is 9.68 Å².